The van der Waals surface area contributed by atoms with Crippen LogP contribution in [0.2, 0.25) is 0 Å². The number of benzene rings is 2. The summed E-state index contributed by atoms with van der Waals surface area (Å²) in [6.45, 7) is 1.49. The van der Waals surface area contributed by atoms with E-state index in [2.05, 4.69) is 5.32 Å². The van der Waals surface area contributed by atoms with E-state index in [-0.39, 0.29) is 23.0 Å². The monoisotopic (exact) mass is 291 g/mol. The zero-order valence-electron chi connectivity index (χ0n) is 11.9. The molecule has 0 saturated heterocycles. The molecule has 4 nitrogen and oxygen atoms in total. The molecule has 0 fully saturated rings. The Morgan fingerprint density at radius 2 is 1.55 bits per heavy atom. The summed E-state index contributed by atoms with van der Waals surface area (Å²) in [5.41, 5.74) is 2.30. The van der Waals surface area contributed by atoms with E-state index >= 15 is 0 Å². The van der Waals surface area contributed by atoms with Crippen molar-refractivity contribution in [1.29, 1.82) is 0 Å². The van der Waals surface area contributed by atoms with Crippen molar-refractivity contribution in [3.8, 4) is 0 Å². The van der Waals surface area contributed by atoms with Gasteiger partial charge in [0.25, 0.3) is 0 Å². The van der Waals surface area contributed by atoms with Gasteiger partial charge < -0.3 is 5.32 Å². The van der Waals surface area contributed by atoms with Crippen LogP contribution in [-0.4, -0.2) is 17.3 Å². The number of ketones is 3. The molecule has 0 aromatic heterocycles. The lowest BCUT2D eigenvalue weighted by atomic mass is 9.92. The molecule has 108 valence electrons. The Morgan fingerprint density at radius 3 is 2.18 bits per heavy atom. The van der Waals surface area contributed by atoms with E-state index in [4.69, 9.17) is 0 Å². The average Bonchev–Trinajstić information content (AvgIpc) is 2.53. The Bertz CT molecular complexity index is 816. The fraction of sp³-hybridized carbons (Fsp3) is 0.0556. The van der Waals surface area contributed by atoms with Crippen LogP contribution in [0.3, 0.4) is 0 Å². The number of fused-ring (bicyclic) bond motifs is 1. The number of nitrogens with one attached hydrogen (secondary N) is 1. The molecule has 0 amide bonds. The van der Waals surface area contributed by atoms with Gasteiger partial charge in [-0.1, -0.05) is 24.3 Å². The van der Waals surface area contributed by atoms with E-state index in [0.29, 0.717) is 22.4 Å². The molecule has 0 bridgehead atoms. The third-order valence-electron chi connectivity index (χ3n) is 3.53. The molecule has 1 N–H and O–H groups in total. The summed E-state index contributed by atoms with van der Waals surface area (Å²) in [7, 11) is 0. The molecule has 0 atom stereocenters. The minimum absolute atomic E-state index is 0.0244. The molecule has 0 aliphatic heterocycles. The quantitative estimate of drug-likeness (QED) is 0.882. The van der Waals surface area contributed by atoms with Crippen LogP contribution in [0.15, 0.2) is 60.3 Å². The Labute approximate surface area is 127 Å². The number of carbonyl (C=O) groups excluding carboxylic acids is 3. The van der Waals surface area contributed by atoms with Crippen molar-refractivity contribution in [2.45, 2.75) is 6.92 Å². The molecule has 0 spiro atoms. The standard InChI is InChI=1S/C18H13NO3/c1-11(20)12-6-8-13(9-7-12)19-16-10-17(21)14-4-2-3-5-15(14)18(16)22/h2-10,19H,1H3. The highest BCUT2D eigenvalue weighted by molar-refractivity contribution is 6.25. The van der Waals surface area contributed by atoms with Crippen LogP contribution >= 0.6 is 0 Å². The smallest absolute Gasteiger partial charge is 0.210 e. The van der Waals surface area contributed by atoms with Gasteiger partial charge in [0, 0.05) is 28.5 Å². The summed E-state index contributed by atoms with van der Waals surface area (Å²) < 4.78 is 0. The van der Waals surface area contributed by atoms with E-state index in [0.717, 1.165) is 0 Å². The molecule has 1 aliphatic carbocycles. The highest BCUT2D eigenvalue weighted by atomic mass is 16.1. The van der Waals surface area contributed by atoms with Gasteiger partial charge in [-0.3, -0.25) is 14.4 Å². The fourth-order valence-corrected chi connectivity index (χ4v) is 2.35. The molecule has 22 heavy (non-hydrogen) atoms. The van der Waals surface area contributed by atoms with Crippen molar-refractivity contribution in [2.75, 3.05) is 5.32 Å². The number of Topliss-reactive ketones (excluding diaryl/α,β-unsaturated/α-hetero) is 2. The number of carbonyl (C=O) groups is 3. The second-order valence-corrected chi connectivity index (χ2v) is 5.06. The maximum atomic E-state index is 12.4. The Morgan fingerprint density at radius 1 is 0.909 bits per heavy atom. The zero-order valence-corrected chi connectivity index (χ0v) is 11.9. The zero-order chi connectivity index (χ0) is 15.7. The van der Waals surface area contributed by atoms with Crippen LogP contribution in [0.1, 0.15) is 38.0 Å². The van der Waals surface area contributed by atoms with E-state index < -0.39 is 0 Å². The number of hydrogen-bond acceptors (Lipinski definition) is 4. The van der Waals surface area contributed by atoms with Crippen molar-refractivity contribution in [3.05, 3.63) is 77.0 Å². The lowest BCUT2D eigenvalue weighted by Gasteiger charge is -2.16. The minimum atomic E-state index is -0.217. The molecule has 2 aromatic rings. The van der Waals surface area contributed by atoms with Gasteiger partial charge >= 0.3 is 0 Å². The van der Waals surface area contributed by atoms with Crippen molar-refractivity contribution >= 4 is 23.0 Å². The predicted molar refractivity (Wildman–Crippen MR) is 83.3 cm³/mol. The summed E-state index contributed by atoms with van der Waals surface area (Å²) >= 11 is 0. The van der Waals surface area contributed by atoms with Crippen molar-refractivity contribution in [2.24, 2.45) is 0 Å². The molecule has 0 saturated carbocycles. The Hall–Kier alpha value is -3.01. The largest absolute Gasteiger partial charge is 0.352 e. The van der Waals surface area contributed by atoms with E-state index in [1.54, 1.807) is 48.5 Å². The molecule has 4 heteroatoms. The van der Waals surface area contributed by atoms with E-state index in [9.17, 15) is 14.4 Å². The predicted octanol–water partition coefficient (Wildman–Crippen LogP) is 3.26. The first kappa shape index (κ1) is 13.9. The lowest BCUT2D eigenvalue weighted by molar-refractivity contribution is 0.0985. The molecule has 0 unspecified atom stereocenters. The van der Waals surface area contributed by atoms with Crippen LogP contribution in [0, 0.1) is 0 Å². The van der Waals surface area contributed by atoms with E-state index in [1.807, 2.05) is 0 Å². The third kappa shape index (κ3) is 2.46. The lowest BCUT2D eigenvalue weighted by Crippen LogP contribution is -2.21. The molecule has 3 rings (SSSR count). The molecule has 2 aromatic carbocycles. The molecular weight excluding hydrogens is 278 g/mol. The fourth-order valence-electron chi connectivity index (χ4n) is 2.35. The topological polar surface area (TPSA) is 63.2 Å². The molecule has 0 radical (unpaired) electrons. The molecular formula is C18H13NO3. The first-order valence-electron chi connectivity index (χ1n) is 6.84. The van der Waals surface area contributed by atoms with Gasteiger partial charge in [0.1, 0.15) is 0 Å². The van der Waals surface area contributed by atoms with E-state index in [1.165, 1.54) is 13.0 Å². The number of allylic oxidation sites excluding steroid dienone is 2. The van der Waals surface area contributed by atoms with Gasteiger partial charge in [-0.25, -0.2) is 0 Å². The maximum Gasteiger partial charge on any atom is 0.210 e. The Kier molecular flexibility index (Phi) is 3.43. The first-order chi connectivity index (χ1) is 10.6. The number of rotatable bonds is 3. The van der Waals surface area contributed by atoms with Crippen LogP contribution in [0.25, 0.3) is 0 Å². The second kappa shape index (κ2) is 5.41. The third-order valence-corrected chi connectivity index (χ3v) is 3.53. The van der Waals surface area contributed by atoms with Crippen LogP contribution < -0.4 is 5.32 Å². The van der Waals surface area contributed by atoms with Gasteiger partial charge in [0.15, 0.2) is 11.6 Å². The summed E-state index contributed by atoms with van der Waals surface area (Å²) in [5, 5.41) is 2.95. The average molecular weight is 291 g/mol. The first-order valence-corrected chi connectivity index (χ1v) is 6.84. The minimum Gasteiger partial charge on any atom is -0.352 e. The van der Waals surface area contributed by atoms with Crippen molar-refractivity contribution in [1.82, 2.24) is 0 Å². The van der Waals surface area contributed by atoms with Crippen LogP contribution in [-0.2, 0) is 0 Å². The normalized spacial score (nSPS) is 13.4. The number of anilines is 1. The summed E-state index contributed by atoms with van der Waals surface area (Å²) in [6.07, 6.45) is 1.31. The summed E-state index contributed by atoms with van der Waals surface area (Å²) in [6, 6.07) is 13.5. The molecule has 1 aliphatic rings. The van der Waals surface area contributed by atoms with Crippen LogP contribution in [0.5, 0.6) is 0 Å². The molecule has 0 heterocycles. The maximum absolute atomic E-state index is 12.4. The van der Waals surface area contributed by atoms with Gasteiger partial charge in [-0.2, -0.15) is 0 Å². The number of hydrogen-bond donors (Lipinski definition) is 1. The van der Waals surface area contributed by atoms with Crippen LogP contribution in [0.4, 0.5) is 5.69 Å². The second-order valence-electron chi connectivity index (χ2n) is 5.06. The van der Waals surface area contributed by atoms with Crippen molar-refractivity contribution in [3.63, 3.8) is 0 Å². The highest BCUT2D eigenvalue weighted by Gasteiger charge is 2.25. The Balaban J connectivity index is 1.89. The summed E-state index contributed by atoms with van der Waals surface area (Å²) in [5.74, 6) is -0.437. The summed E-state index contributed by atoms with van der Waals surface area (Å²) in [4.78, 5) is 35.7. The van der Waals surface area contributed by atoms with Gasteiger partial charge in [-0.05, 0) is 31.2 Å². The highest BCUT2D eigenvalue weighted by Crippen LogP contribution is 2.22. The van der Waals surface area contributed by atoms with Crippen molar-refractivity contribution < 1.29 is 14.4 Å². The van der Waals surface area contributed by atoms with Gasteiger partial charge in [0.05, 0.1) is 5.70 Å². The van der Waals surface area contributed by atoms with Gasteiger partial charge in [0.2, 0.25) is 5.78 Å². The van der Waals surface area contributed by atoms with Gasteiger partial charge in [-0.15, -0.1) is 0 Å². The SMILES string of the molecule is CC(=O)c1ccc(NC2=CC(=O)c3ccccc3C2=O)cc1.